The van der Waals surface area contributed by atoms with Gasteiger partial charge in [0.05, 0.1) is 34.8 Å². The van der Waals surface area contributed by atoms with Crippen LogP contribution in [0.1, 0.15) is 5.56 Å². The molecule has 0 saturated heterocycles. The number of benzene rings is 2. The lowest BCUT2D eigenvalue weighted by atomic mass is 10.2. The van der Waals surface area contributed by atoms with E-state index in [0.717, 1.165) is 30.0 Å². The normalized spacial score (nSPS) is 11.3. The number of methoxy groups -OCH3 is 1. The molecule has 0 aliphatic carbocycles. The van der Waals surface area contributed by atoms with Crippen molar-refractivity contribution in [3.8, 4) is 11.4 Å². The second-order valence-electron chi connectivity index (χ2n) is 5.60. The molecule has 0 radical (unpaired) electrons. The molecular formula is C17H13ClF3N5O2S. The molecule has 0 unspecified atom stereocenters. The van der Waals surface area contributed by atoms with E-state index in [1.54, 1.807) is 31.4 Å². The molecule has 7 nitrogen and oxygen atoms in total. The third-order valence-electron chi connectivity index (χ3n) is 3.66. The zero-order valence-corrected chi connectivity index (χ0v) is 16.3. The predicted octanol–water partition coefficient (Wildman–Crippen LogP) is 4.07. The zero-order chi connectivity index (χ0) is 21.0. The van der Waals surface area contributed by atoms with Gasteiger partial charge in [-0.25, -0.2) is 0 Å². The van der Waals surface area contributed by atoms with E-state index < -0.39 is 17.6 Å². The Hall–Kier alpha value is -2.79. The number of halogens is 4. The number of carbonyl (C=O) groups excluding carboxylic acids is 1. The summed E-state index contributed by atoms with van der Waals surface area (Å²) in [7, 11) is 1.54. The van der Waals surface area contributed by atoms with Gasteiger partial charge in [0, 0.05) is 0 Å². The molecule has 0 bridgehead atoms. The molecule has 0 fully saturated rings. The van der Waals surface area contributed by atoms with Crippen LogP contribution in [0.2, 0.25) is 5.02 Å². The number of nitrogens with zero attached hydrogens (tertiary/aromatic N) is 4. The van der Waals surface area contributed by atoms with Crippen molar-refractivity contribution in [2.75, 3.05) is 18.2 Å². The summed E-state index contributed by atoms with van der Waals surface area (Å²) < 4.78 is 45.0. The largest absolute Gasteiger partial charge is 0.497 e. The summed E-state index contributed by atoms with van der Waals surface area (Å²) in [4.78, 5) is 12.2. The van der Waals surface area contributed by atoms with Crippen LogP contribution in [-0.4, -0.2) is 39.0 Å². The van der Waals surface area contributed by atoms with Crippen molar-refractivity contribution < 1.29 is 22.7 Å². The van der Waals surface area contributed by atoms with Crippen molar-refractivity contribution in [2.24, 2.45) is 0 Å². The first-order valence-corrected chi connectivity index (χ1v) is 9.36. The number of thioether (sulfide) groups is 1. The number of carbonyl (C=O) groups is 1. The SMILES string of the molecule is COc1ccc(-n2nnnc2SCC(=O)Nc2cc(C(F)(F)F)ccc2Cl)cc1. The van der Waals surface area contributed by atoms with Crippen LogP contribution in [0.4, 0.5) is 18.9 Å². The molecule has 0 aliphatic heterocycles. The number of ether oxygens (including phenoxy) is 1. The molecule has 0 saturated carbocycles. The van der Waals surface area contributed by atoms with Gasteiger partial charge in [-0.05, 0) is 52.9 Å². The quantitative estimate of drug-likeness (QED) is 0.578. The fourth-order valence-electron chi connectivity index (χ4n) is 2.27. The molecule has 0 spiro atoms. The maximum absolute atomic E-state index is 12.8. The van der Waals surface area contributed by atoms with Crippen LogP contribution < -0.4 is 10.1 Å². The van der Waals surface area contributed by atoms with Crippen LogP contribution in [0.15, 0.2) is 47.6 Å². The Morgan fingerprint density at radius 2 is 1.97 bits per heavy atom. The fourth-order valence-corrected chi connectivity index (χ4v) is 3.12. The monoisotopic (exact) mass is 443 g/mol. The number of amides is 1. The average Bonchev–Trinajstić information content (AvgIpc) is 3.16. The predicted molar refractivity (Wildman–Crippen MR) is 102 cm³/mol. The van der Waals surface area contributed by atoms with Crippen LogP contribution in [0.25, 0.3) is 5.69 Å². The lowest BCUT2D eigenvalue weighted by Gasteiger charge is -2.11. The van der Waals surface area contributed by atoms with Crippen molar-refractivity contribution in [3.05, 3.63) is 53.1 Å². The summed E-state index contributed by atoms with van der Waals surface area (Å²) in [5.74, 6) is -0.0304. The van der Waals surface area contributed by atoms with E-state index in [-0.39, 0.29) is 16.5 Å². The van der Waals surface area contributed by atoms with Gasteiger partial charge in [0.2, 0.25) is 11.1 Å². The zero-order valence-electron chi connectivity index (χ0n) is 14.8. The number of rotatable bonds is 6. The van der Waals surface area contributed by atoms with Gasteiger partial charge in [-0.3, -0.25) is 4.79 Å². The molecule has 3 aromatic rings. The van der Waals surface area contributed by atoms with E-state index in [9.17, 15) is 18.0 Å². The first-order chi connectivity index (χ1) is 13.8. The van der Waals surface area contributed by atoms with Crippen LogP contribution in [-0.2, 0) is 11.0 Å². The highest BCUT2D eigenvalue weighted by Gasteiger charge is 2.31. The first kappa shape index (κ1) is 20.9. The number of hydrogen-bond acceptors (Lipinski definition) is 6. The van der Waals surface area contributed by atoms with Gasteiger partial charge in [0.15, 0.2) is 0 Å². The summed E-state index contributed by atoms with van der Waals surface area (Å²) in [6, 6.07) is 9.64. The minimum Gasteiger partial charge on any atom is -0.497 e. The number of tetrazole rings is 1. The van der Waals surface area contributed by atoms with Gasteiger partial charge < -0.3 is 10.1 Å². The molecule has 2 aromatic carbocycles. The van der Waals surface area contributed by atoms with Gasteiger partial charge in [-0.1, -0.05) is 23.4 Å². The topological polar surface area (TPSA) is 81.9 Å². The van der Waals surface area contributed by atoms with E-state index in [1.165, 1.54) is 4.68 Å². The minimum atomic E-state index is -4.54. The third-order valence-corrected chi connectivity index (χ3v) is 4.91. The summed E-state index contributed by atoms with van der Waals surface area (Å²) in [6.45, 7) is 0. The van der Waals surface area contributed by atoms with Crippen LogP contribution in [0.3, 0.4) is 0 Å². The number of hydrogen-bond donors (Lipinski definition) is 1. The van der Waals surface area contributed by atoms with Gasteiger partial charge in [-0.15, -0.1) is 5.10 Å². The molecule has 152 valence electrons. The van der Waals surface area contributed by atoms with Gasteiger partial charge >= 0.3 is 6.18 Å². The molecule has 1 N–H and O–H groups in total. The van der Waals surface area contributed by atoms with Crippen molar-refractivity contribution in [1.29, 1.82) is 0 Å². The minimum absolute atomic E-state index is 0.000540. The van der Waals surface area contributed by atoms with E-state index >= 15 is 0 Å². The molecule has 0 atom stereocenters. The molecule has 1 amide bonds. The van der Waals surface area contributed by atoms with Crippen molar-refractivity contribution in [1.82, 2.24) is 20.2 Å². The van der Waals surface area contributed by atoms with E-state index in [0.29, 0.717) is 16.6 Å². The summed E-state index contributed by atoms with van der Waals surface area (Å²) >= 11 is 6.90. The van der Waals surface area contributed by atoms with Crippen molar-refractivity contribution in [3.63, 3.8) is 0 Å². The van der Waals surface area contributed by atoms with Gasteiger partial charge in [0.1, 0.15) is 5.75 Å². The van der Waals surface area contributed by atoms with E-state index in [1.807, 2.05) is 0 Å². The lowest BCUT2D eigenvalue weighted by Crippen LogP contribution is -2.16. The Labute approximate surface area is 172 Å². The van der Waals surface area contributed by atoms with Crippen LogP contribution in [0.5, 0.6) is 5.75 Å². The Bertz CT molecular complexity index is 1010. The summed E-state index contributed by atoms with van der Waals surface area (Å²) in [5, 5.41) is 14.0. The maximum Gasteiger partial charge on any atom is 0.416 e. The Balaban J connectivity index is 1.67. The fraction of sp³-hybridized carbons (Fsp3) is 0.176. The van der Waals surface area contributed by atoms with Gasteiger partial charge in [0.25, 0.3) is 0 Å². The lowest BCUT2D eigenvalue weighted by molar-refractivity contribution is -0.137. The van der Waals surface area contributed by atoms with E-state index in [2.05, 4.69) is 20.8 Å². The molecule has 1 aromatic heterocycles. The number of aromatic nitrogens is 4. The number of alkyl halides is 3. The van der Waals surface area contributed by atoms with Crippen LogP contribution in [0, 0.1) is 0 Å². The molecule has 1 heterocycles. The van der Waals surface area contributed by atoms with E-state index in [4.69, 9.17) is 16.3 Å². The van der Waals surface area contributed by atoms with Crippen molar-refractivity contribution in [2.45, 2.75) is 11.3 Å². The first-order valence-electron chi connectivity index (χ1n) is 8.00. The standard InChI is InChI=1S/C17H13ClF3N5O2S/c1-28-12-5-3-11(4-6-12)26-16(23-24-25-26)29-9-15(27)22-14-8-10(17(19,20)21)2-7-13(14)18/h2-8H,9H2,1H3,(H,22,27). The molecule has 12 heteroatoms. The third kappa shape index (κ3) is 5.18. The molecule has 29 heavy (non-hydrogen) atoms. The number of anilines is 1. The highest BCUT2D eigenvalue weighted by Crippen LogP contribution is 2.34. The second kappa shape index (κ2) is 8.70. The average molecular weight is 444 g/mol. The Morgan fingerprint density at radius 1 is 1.24 bits per heavy atom. The molecule has 3 rings (SSSR count). The highest BCUT2D eigenvalue weighted by molar-refractivity contribution is 7.99. The van der Waals surface area contributed by atoms with Gasteiger partial charge in [-0.2, -0.15) is 17.9 Å². The molecular weight excluding hydrogens is 431 g/mol. The Kier molecular flexibility index (Phi) is 6.28. The van der Waals surface area contributed by atoms with Crippen molar-refractivity contribution >= 4 is 35.0 Å². The highest BCUT2D eigenvalue weighted by atomic mass is 35.5. The maximum atomic E-state index is 12.8. The Morgan fingerprint density at radius 3 is 2.62 bits per heavy atom. The molecule has 0 aliphatic rings. The van der Waals surface area contributed by atoms with Crippen LogP contribution >= 0.6 is 23.4 Å². The second-order valence-corrected chi connectivity index (χ2v) is 6.95. The summed E-state index contributed by atoms with van der Waals surface area (Å²) in [5.41, 5.74) is -0.380. The summed E-state index contributed by atoms with van der Waals surface area (Å²) in [6.07, 6.45) is -4.54. The smallest absolute Gasteiger partial charge is 0.416 e. The number of nitrogens with one attached hydrogen (secondary N) is 1.